The first kappa shape index (κ1) is 17.8. The first-order valence-electron chi connectivity index (χ1n) is 7.26. The minimum atomic E-state index is 0.303. The molecule has 0 saturated carbocycles. The Morgan fingerprint density at radius 2 is 1.28 bits per heavy atom. The molecule has 0 unspecified atom stereocenters. The van der Waals surface area contributed by atoms with E-state index in [-0.39, 0.29) is 0 Å². The molecule has 0 atom stereocenters. The van der Waals surface area contributed by atoms with Gasteiger partial charge in [0.25, 0.3) is 0 Å². The number of rotatable bonds is 11. The second-order valence-electron chi connectivity index (χ2n) is 4.80. The molecule has 4 heteroatoms. The van der Waals surface area contributed by atoms with Gasteiger partial charge in [-0.2, -0.15) is 0 Å². The molecule has 3 N–H and O–H groups in total. The molecule has 0 aliphatic rings. The molecular weight excluding hydrogens is 260 g/mol. The zero-order valence-corrected chi connectivity index (χ0v) is 13.3. The largest absolute Gasteiger partial charge is 0.388 e. The third-order valence-electron chi connectivity index (χ3n) is 3.04. The summed E-state index contributed by atoms with van der Waals surface area (Å²) in [6.07, 6.45) is 13.5. The van der Waals surface area contributed by atoms with Crippen molar-refractivity contribution in [1.82, 2.24) is 5.32 Å². The molecule has 0 heterocycles. The lowest BCUT2D eigenvalue weighted by atomic mass is 10.1. The first-order chi connectivity index (χ1) is 8.68. The summed E-state index contributed by atoms with van der Waals surface area (Å²) in [5.41, 5.74) is 5.39. The number of hydrogen-bond donors (Lipinski definition) is 2. The molecule has 0 rings (SSSR count). The monoisotopic (exact) mass is 288 g/mol. The summed E-state index contributed by atoms with van der Waals surface area (Å²) >= 11 is 9.74. The van der Waals surface area contributed by atoms with Gasteiger partial charge in [0.2, 0.25) is 0 Å². The molecule has 0 bridgehead atoms. The predicted molar refractivity (Wildman–Crippen MR) is 89.2 cm³/mol. The maximum Gasteiger partial charge on any atom is 0.133 e. The number of hydrogen-bond acceptors (Lipinski definition) is 2. The lowest BCUT2D eigenvalue weighted by Crippen LogP contribution is -2.33. The Bertz CT molecular complexity index is 230. The highest BCUT2D eigenvalue weighted by molar-refractivity contribution is 7.89. The number of nitrogens with two attached hydrogens (primary N) is 1. The van der Waals surface area contributed by atoms with E-state index in [0.29, 0.717) is 9.98 Å². The minimum Gasteiger partial charge on any atom is -0.388 e. The van der Waals surface area contributed by atoms with Gasteiger partial charge in [0.05, 0.1) is 0 Å². The van der Waals surface area contributed by atoms with Gasteiger partial charge in [0.1, 0.15) is 9.98 Å². The van der Waals surface area contributed by atoms with Crippen LogP contribution in [0.4, 0.5) is 0 Å². The van der Waals surface area contributed by atoms with Crippen LogP contribution in [0.3, 0.4) is 0 Å². The van der Waals surface area contributed by atoms with Crippen molar-refractivity contribution in [2.24, 2.45) is 5.73 Å². The summed E-state index contributed by atoms with van der Waals surface area (Å²) in [6.45, 7) is 3.16. The molecule has 0 aromatic heterocycles. The zero-order valence-electron chi connectivity index (χ0n) is 11.7. The topological polar surface area (TPSA) is 38.0 Å². The Kier molecular flexibility index (Phi) is 13.1. The molecule has 0 aliphatic heterocycles. The standard InChI is InChI=1S/C14H28N2S2/c1-2-3-4-5-6-7-8-9-10-11-12-16-14(18)13(15)17/h2-12H2,1H3,(H2,15,17)(H,16,18). The summed E-state index contributed by atoms with van der Waals surface area (Å²) < 4.78 is 0. The van der Waals surface area contributed by atoms with Gasteiger partial charge in [-0.15, -0.1) is 0 Å². The molecule has 0 aromatic carbocycles. The van der Waals surface area contributed by atoms with Crippen LogP contribution < -0.4 is 11.1 Å². The van der Waals surface area contributed by atoms with E-state index in [1.807, 2.05) is 0 Å². The lowest BCUT2D eigenvalue weighted by Gasteiger charge is -2.06. The second-order valence-corrected chi connectivity index (χ2v) is 5.65. The van der Waals surface area contributed by atoms with E-state index < -0.39 is 0 Å². The van der Waals surface area contributed by atoms with E-state index in [2.05, 4.69) is 12.2 Å². The molecule has 0 spiro atoms. The molecule has 18 heavy (non-hydrogen) atoms. The second kappa shape index (κ2) is 13.2. The van der Waals surface area contributed by atoms with Crippen molar-refractivity contribution in [2.45, 2.75) is 71.1 Å². The van der Waals surface area contributed by atoms with Crippen molar-refractivity contribution in [2.75, 3.05) is 6.54 Å². The summed E-state index contributed by atoms with van der Waals surface area (Å²) in [6, 6.07) is 0. The molecule has 0 aromatic rings. The number of unbranched alkanes of at least 4 members (excludes halogenated alkanes) is 9. The Morgan fingerprint density at radius 3 is 1.72 bits per heavy atom. The smallest absolute Gasteiger partial charge is 0.133 e. The molecule has 0 radical (unpaired) electrons. The van der Waals surface area contributed by atoms with Gasteiger partial charge in [-0.05, 0) is 6.42 Å². The Balaban J connectivity index is 3.07. The van der Waals surface area contributed by atoms with Gasteiger partial charge in [-0.3, -0.25) is 0 Å². The molecule has 106 valence electrons. The van der Waals surface area contributed by atoms with Crippen LogP contribution in [0, 0.1) is 0 Å². The van der Waals surface area contributed by atoms with Gasteiger partial charge < -0.3 is 11.1 Å². The van der Waals surface area contributed by atoms with Gasteiger partial charge in [0.15, 0.2) is 0 Å². The van der Waals surface area contributed by atoms with Crippen LogP contribution in [0.5, 0.6) is 0 Å². The molecule has 0 saturated heterocycles. The molecule has 0 fully saturated rings. The van der Waals surface area contributed by atoms with Crippen LogP contribution in [-0.4, -0.2) is 16.5 Å². The highest BCUT2D eigenvalue weighted by atomic mass is 32.1. The summed E-state index contributed by atoms with van der Waals surface area (Å²) in [4.78, 5) is 0.831. The highest BCUT2D eigenvalue weighted by Gasteiger charge is 1.97. The number of nitrogens with one attached hydrogen (secondary N) is 1. The molecule has 0 amide bonds. The lowest BCUT2D eigenvalue weighted by molar-refractivity contribution is 0.555. The van der Waals surface area contributed by atoms with Crippen molar-refractivity contribution >= 4 is 34.4 Å². The van der Waals surface area contributed by atoms with Crippen LogP contribution in [0.1, 0.15) is 71.1 Å². The van der Waals surface area contributed by atoms with Gasteiger partial charge in [-0.1, -0.05) is 89.1 Å². The zero-order chi connectivity index (χ0) is 13.6. The van der Waals surface area contributed by atoms with Crippen molar-refractivity contribution in [3.05, 3.63) is 0 Å². The quantitative estimate of drug-likeness (QED) is 0.443. The van der Waals surface area contributed by atoms with Crippen molar-refractivity contribution < 1.29 is 0 Å². The fraction of sp³-hybridized carbons (Fsp3) is 0.857. The third kappa shape index (κ3) is 12.2. The van der Waals surface area contributed by atoms with Gasteiger partial charge in [-0.25, -0.2) is 0 Å². The van der Waals surface area contributed by atoms with Crippen LogP contribution in [-0.2, 0) is 0 Å². The molecule has 2 nitrogen and oxygen atoms in total. The minimum absolute atomic E-state index is 0.303. The number of thiocarbonyl (C=S) groups is 2. The fourth-order valence-corrected chi connectivity index (χ4v) is 2.08. The highest BCUT2D eigenvalue weighted by Crippen LogP contribution is 2.10. The molecular formula is C14H28N2S2. The van der Waals surface area contributed by atoms with Crippen molar-refractivity contribution in [3.8, 4) is 0 Å². The van der Waals surface area contributed by atoms with E-state index >= 15 is 0 Å². The van der Waals surface area contributed by atoms with E-state index in [1.54, 1.807) is 0 Å². The normalized spacial score (nSPS) is 10.3. The first-order valence-corrected chi connectivity index (χ1v) is 8.07. The maximum absolute atomic E-state index is 5.39. The predicted octanol–water partition coefficient (Wildman–Crippen LogP) is 4.11. The van der Waals surface area contributed by atoms with Crippen molar-refractivity contribution in [3.63, 3.8) is 0 Å². The Morgan fingerprint density at radius 1 is 0.833 bits per heavy atom. The Hall–Kier alpha value is -0.220. The summed E-state index contributed by atoms with van der Waals surface area (Å²) in [7, 11) is 0. The maximum atomic E-state index is 5.39. The van der Waals surface area contributed by atoms with E-state index in [0.717, 1.165) is 13.0 Å². The third-order valence-corrected chi connectivity index (χ3v) is 3.74. The average Bonchev–Trinajstić information content (AvgIpc) is 2.35. The van der Waals surface area contributed by atoms with Crippen LogP contribution >= 0.6 is 24.4 Å². The van der Waals surface area contributed by atoms with E-state index in [4.69, 9.17) is 30.2 Å². The van der Waals surface area contributed by atoms with E-state index in [9.17, 15) is 0 Å². The summed E-state index contributed by atoms with van der Waals surface area (Å²) in [5.74, 6) is 0. The SMILES string of the molecule is CCCCCCCCCCCCNC(=S)C(N)=S. The van der Waals surface area contributed by atoms with E-state index in [1.165, 1.54) is 57.8 Å². The van der Waals surface area contributed by atoms with Crippen molar-refractivity contribution in [1.29, 1.82) is 0 Å². The Labute approximate surface area is 123 Å². The van der Waals surface area contributed by atoms with Crippen LogP contribution in [0.25, 0.3) is 0 Å². The van der Waals surface area contributed by atoms with Crippen LogP contribution in [0.15, 0.2) is 0 Å². The van der Waals surface area contributed by atoms with Gasteiger partial charge in [0, 0.05) is 6.54 Å². The average molecular weight is 289 g/mol. The molecule has 0 aliphatic carbocycles. The fourth-order valence-electron chi connectivity index (χ4n) is 1.90. The van der Waals surface area contributed by atoms with Crippen LogP contribution in [0.2, 0.25) is 0 Å². The van der Waals surface area contributed by atoms with Gasteiger partial charge >= 0.3 is 0 Å². The summed E-state index contributed by atoms with van der Waals surface area (Å²) in [5, 5.41) is 3.07.